The Morgan fingerprint density at radius 1 is 1.08 bits per heavy atom. The first-order valence-electron chi connectivity index (χ1n) is 7.12. The molecule has 24 heavy (non-hydrogen) atoms. The Labute approximate surface area is 137 Å². The molecular weight excluding hydrogens is 323 g/mol. The second kappa shape index (κ2) is 7.33. The van der Waals surface area contributed by atoms with E-state index in [1.807, 2.05) is 0 Å². The van der Waals surface area contributed by atoms with Crippen LogP contribution in [0.5, 0.6) is 11.5 Å². The molecule has 7 heteroatoms. The Morgan fingerprint density at radius 3 is 2.33 bits per heavy atom. The van der Waals surface area contributed by atoms with Crippen LogP contribution in [0.3, 0.4) is 0 Å². The van der Waals surface area contributed by atoms with Gasteiger partial charge < -0.3 is 9.47 Å². The minimum absolute atomic E-state index is 0.143. The summed E-state index contributed by atoms with van der Waals surface area (Å²) >= 11 is 0. The van der Waals surface area contributed by atoms with Crippen molar-refractivity contribution in [2.75, 3.05) is 14.2 Å². The number of ketones is 1. The summed E-state index contributed by atoms with van der Waals surface area (Å²) in [6.45, 7) is 0. The molecule has 0 atom stereocenters. The molecule has 0 N–H and O–H groups in total. The van der Waals surface area contributed by atoms with E-state index in [2.05, 4.69) is 4.98 Å². The van der Waals surface area contributed by atoms with Gasteiger partial charge in [0, 0.05) is 18.2 Å². The van der Waals surface area contributed by atoms with Crippen LogP contribution in [0.25, 0.3) is 0 Å². The van der Waals surface area contributed by atoms with Crippen LogP contribution in [0.1, 0.15) is 28.0 Å². The number of methoxy groups -OCH3 is 2. The van der Waals surface area contributed by atoms with Gasteiger partial charge in [-0.2, -0.15) is 13.2 Å². The summed E-state index contributed by atoms with van der Waals surface area (Å²) in [5.41, 5.74) is 0.0711. The number of halogens is 3. The molecule has 128 valence electrons. The molecule has 0 saturated carbocycles. The minimum Gasteiger partial charge on any atom is -0.493 e. The number of nitrogens with zero attached hydrogens (tertiary/aromatic N) is 1. The summed E-state index contributed by atoms with van der Waals surface area (Å²) in [4.78, 5) is 15.6. The number of pyridine rings is 1. The normalized spacial score (nSPS) is 11.2. The summed E-state index contributed by atoms with van der Waals surface area (Å²) in [6, 6.07) is 7.07. The van der Waals surface area contributed by atoms with Gasteiger partial charge in [-0.1, -0.05) is 6.07 Å². The molecule has 0 fully saturated rings. The predicted octanol–water partition coefficient (Wildman–Crippen LogP) is 3.93. The molecule has 0 spiro atoms. The van der Waals surface area contributed by atoms with Gasteiger partial charge in [0.25, 0.3) is 0 Å². The molecule has 0 aliphatic carbocycles. The molecule has 1 heterocycles. The Hall–Kier alpha value is -2.57. The number of hydrogen-bond acceptors (Lipinski definition) is 4. The molecule has 1 aromatic carbocycles. The van der Waals surface area contributed by atoms with Gasteiger partial charge in [-0.25, -0.2) is 0 Å². The topological polar surface area (TPSA) is 48.4 Å². The maximum absolute atomic E-state index is 12.4. The fourth-order valence-electron chi connectivity index (χ4n) is 2.15. The van der Waals surface area contributed by atoms with Crippen LogP contribution in [0, 0.1) is 0 Å². The van der Waals surface area contributed by atoms with Gasteiger partial charge in [-0.05, 0) is 36.2 Å². The van der Waals surface area contributed by atoms with E-state index >= 15 is 0 Å². The van der Waals surface area contributed by atoms with Crippen molar-refractivity contribution in [3.63, 3.8) is 0 Å². The van der Waals surface area contributed by atoms with Crippen LogP contribution in [0.2, 0.25) is 0 Å². The highest BCUT2D eigenvalue weighted by Gasteiger charge is 2.31. The standard InChI is InChI=1S/C17H16F3NO3/c1-23-14-7-5-12(9-15(14)24-2)13(22)6-3-11-4-8-16(21-10-11)17(18,19)20/h4-5,7-10H,3,6H2,1-2H3. The second-order valence-corrected chi connectivity index (χ2v) is 5.04. The summed E-state index contributed by atoms with van der Waals surface area (Å²) in [5.74, 6) is 0.816. The first kappa shape index (κ1) is 17.8. The van der Waals surface area contributed by atoms with E-state index in [0.717, 1.165) is 12.3 Å². The molecule has 0 aliphatic rings. The number of ether oxygens (including phenoxy) is 2. The molecule has 0 amide bonds. The number of benzene rings is 1. The number of aromatic nitrogens is 1. The molecule has 0 bridgehead atoms. The van der Waals surface area contributed by atoms with E-state index in [0.29, 0.717) is 29.0 Å². The summed E-state index contributed by atoms with van der Waals surface area (Å²) in [7, 11) is 2.97. The Bertz CT molecular complexity index is 712. The van der Waals surface area contributed by atoms with Gasteiger partial charge in [0.15, 0.2) is 17.3 Å². The lowest BCUT2D eigenvalue weighted by Gasteiger charge is -2.09. The maximum atomic E-state index is 12.4. The van der Waals surface area contributed by atoms with Crippen molar-refractivity contribution >= 4 is 5.78 Å². The lowest BCUT2D eigenvalue weighted by Crippen LogP contribution is -2.08. The van der Waals surface area contributed by atoms with Crippen molar-refractivity contribution in [1.82, 2.24) is 4.98 Å². The van der Waals surface area contributed by atoms with Crippen molar-refractivity contribution in [2.45, 2.75) is 19.0 Å². The van der Waals surface area contributed by atoms with Crippen LogP contribution >= 0.6 is 0 Å². The van der Waals surface area contributed by atoms with Crippen molar-refractivity contribution in [3.05, 3.63) is 53.3 Å². The molecule has 1 aromatic heterocycles. The Balaban J connectivity index is 2.03. The van der Waals surface area contributed by atoms with E-state index < -0.39 is 11.9 Å². The zero-order chi connectivity index (χ0) is 17.7. The van der Waals surface area contributed by atoms with Crippen molar-refractivity contribution in [3.8, 4) is 11.5 Å². The third kappa shape index (κ3) is 4.24. The highest BCUT2D eigenvalue weighted by atomic mass is 19.4. The molecule has 0 aliphatic heterocycles. The van der Waals surface area contributed by atoms with Crippen molar-refractivity contribution < 1.29 is 27.4 Å². The molecule has 0 saturated heterocycles. The molecular formula is C17H16F3NO3. The lowest BCUT2D eigenvalue weighted by molar-refractivity contribution is -0.141. The highest BCUT2D eigenvalue weighted by Crippen LogP contribution is 2.29. The highest BCUT2D eigenvalue weighted by molar-refractivity contribution is 5.96. The molecule has 2 aromatic rings. The Kier molecular flexibility index (Phi) is 5.43. The van der Waals surface area contributed by atoms with Crippen LogP contribution in [-0.4, -0.2) is 25.0 Å². The Morgan fingerprint density at radius 2 is 1.79 bits per heavy atom. The number of hydrogen-bond donors (Lipinski definition) is 0. The van der Waals surface area contributed by atoms with E-state index in [1.54, 1.807) is 18.2 Å². The number of aryl methyl sites for hydroxylation is 1. The summed E-state index contributed by atoms with van der Waals surface area (Å²) in [6.07, 6.45) is -2.86. The third-order valence-electron chi connectivity index (χ3n) is 3.46. The first-order valence-corrected chi connectivity index (χ1v) is 7.12. The lowest BCUT2D eigenvalue weighted by atomic mass is 10.0. The SMILES string of the molecule is COc1ccc(C(=O)CCc2ccc(C(F)(F)F)nc2)cc1OC. The summed E-state index contributed by atoms with van der Waals surface area (Å²) in [5, 5.41) is 0. The van der Waals surface area contributed by atoms with Crippen LogP contribution in [0.4, 0.5) is 13.2 Å². The zero-order valence-corrected chi connectivity index (χ0v) is 13.2. The maximum Gasteiger partial charge on any atom is 0.433 e. The van der Waals surface area contributed by atoms with Crippen molar-refractivity contribution in [2.24, 2.45) is 0 Å². The van der Waals surface area contributed by atoms with Gasteiger partial charge in [-0.15, -0.1) is 0 Å². The fourth-order valence-corrected chi connectivity index (χ4v) is 2.15. The zero-order valence-electron chi connectivity index (χ0n) is 13.2. The molecule has 0 radical (unpaired) electrons. The van der Waals surface area contributed by atoms with Gasteiger partial charge in [0.05, 0.1) is 14.2 Å². The second-order valence-electron chi connectivity index (χ2n) is 5.04. The molecule has 4 nitrogen and oxygen atoms in total. The largest absolute Gasteiger partial charge is 0.493 e. The van der Waals surface area contributed by atoms with Crippen LogP contribution in [-0.2, 0) is 12.6 Å². The smallest absolute Gasteiger partial charge is 0.433 e. The van der Waals surface area contributed by atoms with Gasteiger partial charge in [0.1, 0.15) is 5.69 Å². The van der Waals surface area contributed by atoms with Crippen LogP contribution in [0.15, 0.2) is 36.5 Å². The van der Waals surface area contributed by atoms with Crippen molar-refractivity contribution in [1.29, 1.82) is 0 Å². The van der Waals surface area contributed by atoms with Gasteiger partial charge in [0.2, 0.25) is 0 Å². The van der Waals surface area contributed by atoms with E-state index in [1.165, 1.54) is 20.3 Å². The number of Topliss-reactive ketones (excluding diaryl/α,β-unsaturated/α-hetero) is 1. The van der Waals surface area contributed by atoms with E-state index in [9.17, 15) is 18.0 Å². The van der Waals surface area contributed by atoms with Crippen LogP contribution < -0.4 is 9.47 Å². The monoisotopic (exact) mass is 339 g/mol. The summed E-state index contributed by atoms with van der Waals surface area (Å²) < 4.78 is 47.6. The van der Waals surface area contributed by atoms with Gasteiger partial charge >= 0.3 is 6.18 Å². The number of alkyl halides is 3. The number of rotatable bonds is 6. The predicted molar refractivity (Wildman–Crippen MR) is 81.4 cm³/mol. The third-order valence-corrected chi connectivity index (χ3v) is 3.46. The molecule has 0 unspecified atom stereocenters. The van der Waals surface area contributed by atoms with Gasteiger partial charge in [-0.3, -0.25) is 9.78 Å². The average molecular weight is 339 g/mol. The minimum atomic E-state index is -4.46. The fraction of sp³-hybridized carbons (Fsp3) is 0.294. The number of carbonyl (C=O) groups is 1. The first-order chi connectivity index (χ1) is 11.3. The molecule has 2 rings (SSSR count). The van der Waals surface area contributed by atoms with E-state index in [-0.39, 0.29) is 12.2 Å². The average Bonchev–Trinajstić information content (AvgIpc) is 2.58. The van der Waals surface area contributed by atoms with E-state index in [4.69, 9.17) is 9.47 Å². The number of carbonyl (C=O) groups excluding carboxylic acids is 1. The quantitative estimate of drug-likeness (QED) is 0.748.